The second-order valence-electron chi connectivity index (χ2n) is 3.07. The van der Waals surface area contributed by atoms with Crippen molar-refractivity contribution in [3.05, 3.63) is 59.9 Å². The van der Waals surface area contributed by atoms with Crippen LogP contribution in [0.25, 0.3) is 5.69 Å². The first-order valence-electron chi connectivity index (χ1n) is 4.36. The van der Waals surface area contributed by atoms with Crippen molar-refractivity contribution in [2.75, 3.05) is 0 Å². The van der Waals surface area contributed by atoms with Gasteiger partial charge in [-0.15, -0.1) is 0 Å². The molecule has 4 nitrogen and oxygen atoms in total. The van der Waals surface area contributed by atoms with E-state index in [2.05, 4.69) is 27.6 Å². The van der Waals surface area contributed by atoms with E-state index in [9.17, 15) is 9.59 Å². The van der Waals surface area contributed by atoms with Crippen LogP contribution in [0.2, 0.25) is 5.15 Å². The summed E-state index contributed by atoms with van der Waals surface area (Å²) in [7, 11) is 0. The van der Waals surface area contributed by atoms with Crippen molar-refractivity contribution in [3.63, 3.8) is 0 Å². The van der Waals surface area contributed by atoms with E-state index in [0.717, 1.165) is 8.14 Å². The van der Waals surface area contributed by atoms with Crippen molar-refractivity contribution in [1.29, 1.82) is 0 Å². The second-order valence-corrected chi connectivity index (χ2v) is 4.73. The fourth-order valence-corrected chi connectivity index (χ4v) is 1.84. The smallest absolute Gasteiger partial charge is 0.297 e. The number of nitrogens with zero attached hydrogens (tertiary/aromatic N) is 1. The summed E-state index contributed by atoms with van der Waals surface area (Å²) in [6, 6.07) is 8.20. The molecule has 0 fully saturated rings. The third kappa shape index (κ3) is 2.19. The van der Waals surface area contributed by atoms with Gasteiger partial charge in [0.15, 0.2) is 0 Å². The molecule has 0 unspecified atom stereocenters. The molecule has 0 bridgehead atoms. The molecule has 6 heteroatoms. The maximum Gasteiger partial charge on any atom is 0.334 e. The molecule has 0 aliphatic carbocycles. The minimum Gasteiger partial charge on any atom is -0.297 e. The van der Waals surface area contributed by atoms with E-state index in [1.165, 1.54) is 6.07 Å². The Morgan fingerprint density at radius 3 is 2.38 bits per heavy atom. The summed E-state index contributed by atoms with van der Waals surface area (Å²) < 4.78 is 2.06. The van der Waals surface area contributed by atoms with Crippen molar-refractivity contribution < 1.29 is 0 Å². The summed E-state index contributed by atoms with van der Waals surface area (Å²) in [6.07, 6.45) is 0. The quantitative estimate of drug-likeness (QED) is 0.631. The minimum absolute atomic E-state index is 0.0387. The van der Waals surface area contributed by atoms with Gasteiger partial charge in [-0.05, 0) is 46.9 Å². The molecule has 1 heterocycles. The van der Waals surface area contributed by atoms with Crippen molar-refractivity contribution >= 4 is 34.2 Å². The van der Waals surface area contributed by atoms with Crippen molar-refractivity contribution in [2.45, 2.75) is 0 Å². The summed E-state index contributed by atoms with van der Waals surface area (Å²) in [5, 5.41) is 0.0387. The van der Waals surface area contributed by atoms with E-state index >= 15 is 0 Å². The van der Waals surface area contributed by atoms with E-state index in [1.807, 2.05) is 12.1 Å². The van der Waals surface area contributed by atoms with Crippen LogP contribution in [-0.2, 0) is 0 Å². The molecule has 1 N–H and O–H groups in total. The Bertz CT molecular complexity index is 599. The summed E-state index contributed by atoms with van der Waals surface area (Å²) in [6.45, 7) is 0. The Labute approximate surface area is 109 Å². The van der Waals surface area contributed by atoms with Gasteiger partial charge in [0, 0.05) is 9.64 Å². The molecule has 1 aromatic heterocycles. The Balaban J connectivity index is 2.70. The molecule has 2 rings (SSSR count). The third-order valence-electron chi connectivity index (χ3n) is 1.98. The predicted molar refractivity (Wildman–Crippen MR) is 70.4 cm³/mol. The molecule has 16 heavy (non-hydrogen) atoms. The monoisotopic (exact) mass is 348 g/mol. The Kier molecular flexibility index (Phi) is 3.15. The topological polar surface area (TPSA) is 54.9 Å². The lowest BCUT2D eigenvalue weighted by atomic mass is 10.3. The molecular formula is C10H6ClIN2O2. The number of halogens is 2. The lowest BCUT2D eigenvalue weighted by molar-refractivity contribution is 0.876. The highest BCUT2D eigenvalue weighted by atomic mass is 127. The van der Waals surface area contributed by atoms with Crippen LogP contribution >= 0.6 is 34.2 Å². The standard InChI is InChI=1S/C10H6ClIN2O2/c11-8-5-9(15)14(10(16)13-8)7-3-1-6(12)2-4-7/h1-5H,(H,13,16). The normalized spacial score (nSPS) is 10.4. The number of hydrogen-bond acceptors (Lipinski definition) is 2. The van der Waals surface area contributed by atoms with Gasteiger partial charge in [0.1, 0.15) is 5.15 Å². The summed E-state index contributed by atoms with van der Waals surface area (Å²) in [5.41, 5.74) is -0.475. The van der Waals surface area contributed by atoms with E-state index in [1.54, 1.807) is 12.1 Å². The number of benzene rings is 1. The zero-order valence-corrected chi connectivity index (χ0v) is 10.8. The first-order chi connectivity index (χ1) is 7.58. The van der Waals surface area contributed by atoms with E-state index in [4.69, 9.17) is 11.6 Å². The molecule has 0 aliphatic heterocycles. The number of rotatable bonds is 1. The summed E-state index contributed by atoms with van der Waals surface area (Å²) in [5.74, 6) is 0. The number of aromatic amines is 1. The number of hydrogen-bond donors (Lipinski definition) is 1. The molecule has 0 aliphatic rings. The number of H-pyrrole nitrogens is 1. The van der Waals surface area contributed by atoms with Gasteiger partial charge in [-0.2, -0.15) is 0 Å². The van der Waals surface area contributed by atoms with Gasteiger partial charge >= 0.3 is 5.69 Å². The number of nitrogens with one attached hydrogen (secondary N) is 1. The van der Waals surface area contributed by atoms with Crippen LogP contribution in [0.3, 0.4) is 0 Å². The van der Waals surface area contributed by atoms with E-state index in [0.29, 0.717) is 5.69 Å². The van der Waals surface area contributed by atoms with Crippen LogP contribution in [-0.4, -0.2) is 9.55 Å². The fourth-order valence-electron chi connectivity index (χ4n) is 1.30. The van der Waals surface area contributed by atoms with Crippen LogP contribution in [0.4, 0.5) is 0 Å². The van der Waals surface area contributed by atoms with Crippen molar-refractivity contribution in [1.82, 2.24) is 9.55 Å². The fraction of sp³-hybridized carbons (Fsp3) is 0. The first-order valence-corrected chi connectivity index (χ1v) is 5.81. The zero-order chi connectivity index (χ0) is 11.7. The molecule has 1 aromatic carbocycles. The molecule has 0 spiro atoms. The molecule has 0 saturated heterocycles. The molecule has 0 radical (unpaired) electrons. The lowest BCUT2D eigenvalue weighted by Gasteiger charge is -2.03. The van der Waals surface area contributed by atoms with E-state index < -0.39 is 11.2 Å². The van der Waals surface area contributed by atoms with Gasteiger partial charge in [-0.3, -0.25) is 9.78 Å². The Hall–Kier alpha value is -1.08. The van der Waals surface area contributed by atoms with Gasteiger partial charge in [0.25, 0.3) is 5.56 Å². The van der Waals surface area contributed by atoms with Crippen molar-refractivity contribution in [2.24, 2.45) is 0 Å². The average Bonchev–Trinajstić information content (AvgIpc) is 2.19. The molecule has 82 valence electrons. The van der Waals surface area contributed by atoms with Gasteiger partial charge in [-0.25, -0.2) is 9.36 Å². The maximum atomic E-state index is 11.6. The van der Waals surface area contributed by atoms with Gasteiger partial charge in [-0.1, -0.05) is 11.6 Å². The van der Waals surface area contributed by atoms with Gasteiger partial charge < -0.3 is 0 Å². The van der Waals surface area contributed by atoms with Crippen LogP contribution in [0.15, 0.2) is 39.9 Å². The second kappa shape index (κ2) is 4.42. The zero-order valence-electron chi connectivity index (χ0n) is 7.91. The van der Waals surface area contributed by atoms with Gasteiger partial charge in [0.2, 0.25) is 0 Å². The van der Waals surface area contributed by atoms with Gasteiger partial charge in [0.05, 0.1) is 5.69 Å². The van der Waals surface area contributed by atoms with Crippen LogP contribution < -0.4 is 11.2 Å². The average molecular weight is 349 g/mol. The minimum atomic E-state index is -0.543. The maximum absolute atomic E-state index is 11.6. The van der Waals surface area contributed by atoms with Crippen LogP contribution in [0, 0.1) is 3.57 Å². The summed E-state index contributed by atoms with van der Waals surface area (Å²) in [4.78, 5) is 25.5. The molecule has 2 aromatic rings. The third-order valence-corrected chi connectivity index (χ3v) is 2.91. The number of aromatic nitrogens is 2. The SMILES string of the molecule is O=c1cc(Cl)[nH]c(=O)n1-c1ccc(I)cc1. The predicted octanol–water partition coefficient (Wildman–Crippen LogP) is 1.78. The highest BCUT2D eigenvalue weighted by Gasteiger charge is 2.05. The lowest BCUT2D eigenvalue weighted by Crippen LogP contribution is -2.32. The van der Waals surface area contributed by atoms with E-state index in [-0.39, 0.29) is 5.15 Å². The summed E-state index contributed by atoms with van der Waals surface area (Å²) >= 11 is 7.71. The first kappa shape index (κ1) is 11.4. The highest BCUT2D eigenvalue weighted by Crippen LogP contribution is 2.08. The highest BCUT2D eigenvalue weighted by molar-refractivity contribution is 14.1. The largest absolute Gasteiger partial charge is 0.334 e. The Morgan fingerprint density at radius 1 is 1.19 bits per heavy atom. The Morgan fingerprint density at radius 2 is 1.81 bits per heavy atom. The molecule has 0 saturated carbocycles. The van der Waals surface area contributed by atoms with Crippen LogP contribution in [0.5, 0.6) is 0 Å². The molecule has 0 amide bonds. The van der Waals surface area contributed by atoms with Crippen LogP contribution in [0.1, 0.15) is 0 Å². The molecular weight excluding hydrogens is 342 g/mol. The molecule has 0 atom stereocenters. The van der Waals surface area contributed by atoms with Crippen molar-refractivity contribution in [3.8, 4) is 5.69 Å².